The molecule has 0 amide bonds. The van der Waals surface area contributed by atoms with Crippen molar-refractivity contribution in [3.63, 3.8) is 0 Å². The molecule has 0 bridgehead atoms. The molecule has 1 aliphatic heterocycles. The maximum Gasteiger partial charge on any atom is 0.245 e. The van der Waals surface area contributed by atoms with E-state index in [0.717, 1.165) is 4.47 Å². The number of nitrogens with one attached hydrogen (secondary N) is 1. The second kappa shape index (κ2) is 5.94. The van der Waals surface area contributed by atoms with Crippen LogP contribution in [0, 0.1) is 0 Å². The Kier molecular flexibility index (Phi) is 4.26. The van der Waals surface area contributed by atoms with Crippen molar-refractivity contribution >= 4 is 42.6 Å². The van der Waals surface area contributed by atoms with Gasteiger partial charge in [-0.05, 0) is 24.6 Å². The van der Waals surface area contributed by atoms with Gasteiger partial charge in [-0.25, -0.2) is 8.42 Å². The molecule has 0 saturated carbocycles. The second-order valence-corrected chi connectivity index (χ2v) is 8.43. The number of hydrogen-bond donors (Lipinski definition) is 2. The van der Waals surface area contributed by atoms with Gasteiger partial charge in [0.1, 0.15) is 4.90 Å². The van der Waals surface area contributed by atoms with E-state index in [-0.39, 0.29) is 16.6 Å². The van der Waals surface area contributed by atoms with Gasteiger partial charge in [-0.2, -0.15) is 4.31 Å². The first kappa shape index (κ1) is 16.5. The van der Waals surface area contributed by atoms with E-state index in [4.69, 9.17) is 10.5 Å². The van der Waals surface area contributed by atoms with E-state index >= 15 is 0 Å². The number of sulfonamides is 1. The van der Waals surface area contributed by atoms with Crippen LogP contribution in [0.1, 0.15) is 12.1 Å². The maximum atomic E-state index is 13.2. The van der Waals surface area contributed by atoms with Gasteiger partial charge in [0.2, 0.25) is 10.0 Å². The number of aromatic nitrogens is 1. The summed E-state index contributed by atoms with van der Waals surface area (Å²) in [5.74, 6) is 0. The zero-order valence-electron chi connectivity index (χ0n) is 12.7. The molecule has 3 rings (SSSR count). The SMILES string of the molecule is C=C(N)c1[nH]c2ccc(Br)cc2c1S(=O)(=O)N(C)C1CCOC1. The van der Waals surface area contributed by atoms with Crippen LogP contribution in [0.5, 0.6) is 0 Å². The van der Waals surface area contributed by atoms with Crippen molar-refractivity contribution in [3.8, 4) is 0 Å². The van der Waals surface area contributed by atoms with E-state index < -0.39 is 10.0 Å². The number of H-pyrrole nitrogens is 1. The highest BCUT2D eigenvalue weighted by molar-refractivity contribution is 9.10. The first-order valence-corrected chi connectivity index (χ1v) is 9.37. The first-order valence-electron chi connectivity index (χ1n) is 7.14. The van der Waals surface area contributed by atoms with Crippen molar-refractivity contribution in [2.75, 3.05) is 20.3 Å². The van der Waals surface area contributed by atoms with Crippen LogP contribution in [0.2, 0.25) is 0 Å². The summed E-state index contributed by atoms with van der Waals surface area (Å²) in [5, 5.41) is 0.590. The van der Waals surface area contributed by atoms with Crippen LogP contribution in [0.15, 0.2) is 34.1 Å². The van der Waals surface area contributed by atoms with Crippen molar-refractivity contribution in [2.24, 2.45) is 5.73 Å². The molecular formula is C15H18BrN3O3S. The van der Waals surface area contributed by atoms with Crippen molar-refractivity contribution in [1.29, 1.82) is 0 Å². The average Bonchev–Trinajstić information content (AvgIpc) is 3.13. The van der Waals surface area contributed by atoms with Crippen molar-refractivity contribution < 1.29 is 13.2 Å². The quantitative estimate of drug-likeness (QED) is 0.824. The summed E-state index contributed by atoms with van der Waals surface area (Å²) in [6, 6.07) is 5.25. The fraction of sp³-hybridized carbons (Fsp3) is 0.333. The predicted octanol–water partition coefficient (Wildman–Crippen LogP) is 2.27. The van der Waals surface area contributed by atoms with Gasteiger partial charge in [0, 0.05) is 34.7 Å². The number of rotatable bonds is 4. The van der Waals surface area contributed by atoms with Crippen LogP contribution < -0.4 is 5.73 Å². The smallest absolute Gasteiger partial charge is 0.245 e. The molecular weight excluding hydrogens is 382 g/mol. The predicted molar refractivity (Wildman–Crippen MR) is 93.4 cm³/mol. The molecule has 1 saturated heterocycles. The van der Waals surface area contributed by atoms with Crippen LogP contribution in [0.4, 0.5) is 0 Å². The van der Waals surface area contributed by atoms with E-state index in [0.29, 0.717) is 36.2 Å². The molecule has 23 heavy (non-hydrogen) atoms. The Morgan fingerprint density at radius 1 is 1.52 bits per heavy atom. The van der Waals surface area contributed by atoms with Crippen LogP contribution in [0.25, 0.3) is 16.6 Å². The van der Waals surface area contributed by atoms with Crippen molar-refractivity contribution in [2.45, 2.75) is 17.4 Å². The summed E-state index contributed by atoms with van der Waals surface area (Å²) in [5.41, 5.74) is 7.04. The summed E-state index contributed by atoms with van der Waals surface area (Å²) < 4.78 is 33.8. The molecule has 1 fully saturated rings. The Morgan fingerprint density at radius 2 is 2.26 bits per heavy atom. The number of benzene rings is 1. The van der Waals surface area contributed by atoms with Gasteiger partial charge in [0.05, 0.1) is 18.3 Å². The molecule has 8 heteroatoms. The monoisotopic (exact) mass is 399 g/mol. The summed E-state index contributed by atoms with van der Waals surface area (Å²) >= 11 is 3.39. The minimum atomic E-state index is -3.74. The Hall–Kier alpha value is -1.35. The lowest BCUT2D eigenvalue weighted by molar-refractivity contribution is 0.181. The van der Waals surface area contributed by atoms with E-state index in [2.05, 4.69) is 27.5 Å². The van der Waals surface area contributed by atoms with Gasteiger partial charge in [-0.3, -0.25) is 0 Å². The number of nitrogens with zero attached hydrogens (tertiary/aromatic N) is 1. The van der Waals surface area contributed by atoms with E-state index in [1.165, 1.54) is 4.31 Å². The molecule has 1 aromatic carbocycles. The Bertz CT molecular complexity index is 869. The summed E-state index contributed by atoms with van der Waals surface area (Å²) in [7, 11) is -2.16. The molecule has 1 aromatic heterocycles. The van der Waals surface area contributed by atoms with Gasteiger partial charge < -0.3 is 15.5 Å². The third kappa shape index (κ3) is 2.80. The Morgan fingerprint density at radius 3 is 2.87 bits per heavy atom. The Labute approximate surface area is 143 Å². The van der Waals surface area contributed by atoms with E-state index in [9.17, 15) is 8.42 Å². The summed E-state index contributed by atoms with van der Waals surface area (Å²) in [6.45, 7) is 4.67. The molecule has 2 heterocycles. The van der Waals surface area contributed by atoms with Crippen LogP contribution in [0.3, 0.4) is 0 Å². The summed E-state index contributed by atoms with van der Waals surface area (Å²) in [4.78, 5) is 3.22. The molecule has 1 unspecified atom stereocenters. The third-order valence-electron chi connectivity index (χ3n) is 4.09. The van der Waals surface area contributed by atoms with Gasteiger partial charge in [0.25, 0.3) is 0 Å². The molecule has 124 valence electrons. The average molecular weight is 400 g/mol. The minimum absolute atomic E-state index is 0.163. The summed E-state index contributed by atoms with van der Waals surface area (Å²) in [6.07, 6.45) is 0.681. The fourth-order valence-electron chi connectivity index (χ4n) is 2.78. The Balaban J connectivity index is 2.22. The lowest BCUT2D eigenvalue weighted by Crippen LogP contribution is -2.37. The molecule has 1 atom stereocenters. The van der Waals surface area contributed by atoms with Crippen molar-refractivity contribution in [1.82, 2.24) is 9.29 Å². The van der Waals surface area contributed by atoms with E-state index in [1.54, 1.807) is 13.1 Å². The lowest BCUT2D eigenvalue weighted by atomic mass is 10.2. The first-order chi connectivity index (χ1) is 10.8. The van der Waals surface area contributed by atoms with Crippen molar-refractivity contribution in [3.05, 3.63) is 34.9 Å². The number of nitrogens with two attached hydrogens (primary N) is 1. The van der Waals surface area contributed by atoms with Crippen LogP contribution >= 0.6 is 15.9 Å². The largest absolute Gasteiger partial charge is 0.397 e. The molecule has 1 aliphatic rings. The van der Waals surface area contributed by atoms with Crippen LogP contribution in [-0.2, 0) is 14.8 Å². The van der Waals surface area contributed by atoms with Gasteiger partial charge in [0.15, 0.2) is 0 Å². The topological polar surface area (TPSA) is 88.4 Å². The molecule has 0 spiro atoms. The minimum Gasteiger partial charge on any atom is -0.397 e. The second-order valence-electron chi connectivity index (χ2n) is 5.58. The molecule has 0 aliphatic carbocycles. The number of ether oxygens (including phenoxy) is 1. The number of likely N-dealkylation sites (N-methyl/N-ethyl adjacent to an activating group) is 1. The highest BCUT2D eigenvalue weighted by Gasteiger charge is 2.34. The molecule has 3 N–H and O–H groups in total. The fourth-order valence-corrected chi connectivity index (χ4v) is 4.88. The normalized spacial score (nSPS) is 18.8. The van der Waals surface area contributed by atoms with E-state index in [1.807, 2.05) is 12.1 Å². The zero-order chi connectivity index (χ0) is 16.8. The molecule has 0 radical (unpaired) electrons. The highest BCUT2D eigenvalue weighted by Crippen LogP contribution is 2.34. The molecule has 2 aromatic rings. The number of halogens is 1. The standard InChI is InChI=1S/C15H18BrN3O3S/c1-9(17)14-15(12-7-10(16)3-4-13(12)18-14)23(20,21)19(2)11-5-6-22-8-11/h3-4,7,11,18H,1,5-6,8,17H2,2H3. The van der Waals surface area contributed by atoms with Gasteiger partial charge in [-0.15, -0.1) is 0 Å². The number of fused-ring (bicyclic) bond motifs is 1. The number of hydrogen-bond acceptors (Lipinski definition) is 4. The molecule has 6 nitrogen and oxygen atoms in total. The van der Waals surface area contributed by atoms with Gasteiger partial charge in [-0.1, -0.05) is 22.5 Å². The number of aromatic amines is 1. The van der Waals surface area contributed by atoms with Gasteiger partial charge >= 0.3 is 0 Å². The maximum absolute atomic E-state index is 13.2. The third-order valence-corrected chi connectivity index (χ3v) is 6.58. The highest BCUT2D eigenvalue weighted by atomic mass is 79.9. The van der Waals surface area contributed by atoms with Crippen LogP contribution in [-0.4, -0.2) is 44.0 Å². The zero-order valence-corrected chi connectivity index (χ0v) is 15.1. The lowest BCUT2D eigenvalue weighted by Gasteiger charge is -2.23.